The number of hydrogen-bond acceptors (Lipinski definition) is 8. The molecule has 8 nitrogen and oxygen atoms in total. The van der Waals surface area contributed by atoms with Crippen LogP contribution in [0.5, 0.6) is 0 Å². The Balaban J connectivity index is 0.990. The number of nitrogens with zero attached hydrogens (tertiary/aromatic N) is 5. The first-order valence-corrected chi connectivity index (χ1v) is 16.9. The molecular formula is C32H42F3N7OS. The summed E-state index contributed by atoms with van der Waals surface area (Å²) >= 11 is 1.08. The molecule has 2 N–H and O–H groups in total. The molecule has 6 rings (SSSR count). The maximum absolute atomic E-state index is 12.9. The van der Waals surface area contributed by atoms with Crippen LogP contribution in [0.1, 0.15) is 63.7 Å². The van der Waals surface area contributed by atoms with Crippen LogP contribution in [-0.4, -0.2) is 76.2 Å². The average Bonchev–Trinajstić information content (AvgIpc) is 3.54. The number of piperidine rings is 1. The van der Waals surface area contributed by atoms with E-state index in [1.54, 1.807) is 6.07 Å². The van der Waals surface area contributed by atoms with Crippen molar-refractivity contribution in [2.24, 2.45) is 23.7 Å². The smallest absolute Gasteiger partial charge is 0.367 e. The Hall–Kier alpha value is -2.91. The van der Waals surface area contributed by atoms with E-state index >= 15 is 0 Å². The predicted molar refractivity (Wildman–Crippen MR) is 165 cm³/mol. The molecule has 0 radical (unpaired) electrons. The Morgan fingerprint density at radius 3 is 2.61 bits per heavy atom. The van der Waals surface area contributed by atoms with E-state index < -0.39 is 12.6 Å². The lowest BCUT2D eigenvalue weighted by Crippen LogP contribution is -2.50. The Labute approximate surface area is 261 Å². The minimum atomic E-state index is -4.24. The minimum absolute atomic E-state index is 0.117. The van der Waals surface area contributed by atoms with Crippen LogP contribution in [0.15, 0.2) is 24.2 Å². The highest BCUT2D eigenvalue weighted by molar-refractivity contribution is 7.18. The Morgan fingerprint density at radius 1 is 1.14 bits per heavy atom. The van der Waals surface area contributed by atoms with Gasteiger partial charge in [-0.1, -0.05) is 13.8 Å². The first kappa shape index (κ1) is 31.1. The standard InChI is InChI=1S/C32H42F3N7OS/c1-3-29(43)39-23-10-20(11-23)16-42-24(15-36)12-26-19(2)21(4-5-28(26)42)17-41-8-6-22(7-9-41)40-30-27-13-25(14-32(33,34)35)44-31(27)38-18-37-30/h12-13,18-23,26,28H,3-11,14,16-17H2,1-2H3,(H,39,43)(H,37,38,40). The van der Waals surface area contributed by atoms with Gasteiger partial charge >= 0.3 is 6.18 Å². The van der Waals surface area contributed by atoms with Crippen molar-refractivity contribution in [2.75, 3.05) is 31.5 Å². The van der Waals surface area contributed by atoms with E-state index in [1.165, 1.54) is 6.33 Å². The molecule has 44 heavy (non-hydrogen) atoms. The van der Waals surface area contributed by atoms with Crippen LogP contribution in [0.2, 0.25) is 0 Å². The fraction of sp³-hybridized carbons (Fsp3) is 0.688. The molecule has 12 heteroatoms. The molecule has 238 valence electrons. The summed E-state index contributed by atoms with van der Waals surface area (Å²) in [5, 5.41) is 17.2. The van der Waals surface area contributed by atoms with Crippen molar-refractivity contribution in [3.8, 4) is 6.07 Å². The number of carbonyl (C=O) groups is 1. The summed E-state index contributed by atoms with van der Waals surface area (Å²) in [6.45, 7) is 8.13. The number of rotatable bonds is 9. The number of anilines is 1. The number of amides is 1. The normalized spacial score (nSPS) is 29.5. The Bertz CT molecular complexity index is 1410. The number of nitriles is 1. The lowest BCUT2D eigenvalue weighted by molar-refractivity contribution is -0.126. The Morgan fingerprint density at radius 2 is 1.91 bits per heavy atom. The Kier molecular flexibility index (Phi) is 9.07. The quantitative estimate of drug-likeness (QED) is 0.366. The van der Waals surface area contributed by atoms with Gasteiger partial charge in [-0.05, 0) is 68.4 Å². The molecule has 2 saturated carbocycles. The van der Waals surface area contributed by atoms with Crippen molar-refractivity contribution < 1.29 is 18.0 Å². The molecule has 1 saturated heterocycles. The van der Waals surface area contributed by atoms with E-state index in [9.17, 15) is 23.2 Å². The molecule has 0 aromatic carbocycles. The number of fused-ring (bicyclic) bond motifs is 2. The van der Waals surface area contributed by atoms with Crippen LogP contribution in [0.4, 0.5) is 19.0 Å². The highest BCUT2D eigenvalue weighted by Gasteiger charge is 2.45. The number of alkyl halides is 3. The van der Waals surface area contributed by atoms with Crippen LogP contribution < -0.4 is 10.6 Å². The summed E-state index contributed by atoms with van der Waals surface area (Å²) in [6.07, 6.45) is 5.14. The van der Waals surface area contributed by atoms with Gasteiger partial charge in [-0.3, -0.25) is 4.79 Å². The number of likely N-dealkylation sites (tertiary alicyclic amines) is 1. The third kappa shape index (κ3) is 6.84. The lowest BCUT2D eigenvalue weighted by Gasteiger charge is -2.46. The second-order valence-electron chi connectivity index (χ2n) is 13.3. The van der Waals surface area contributed by atoms with Crippen molar-refractivity contribution in [1.29, 1.82) is 5.26 Å². The molecule has 0 bridgehead atoms. The van der Waals surface area contributed by atoms with E-state index in [1.807, 2.05) is 6.92 Å². The molecule has 4 unspecified atom stereocenters. The number of carbonyl (C=O) groups excluding carboxylic acids is 1. The first-order chi connectivity index (χ1) is 21.1. The van der Waals surface area contributed by atoms with Gasteiger partial charge in [0.25, 0.3) is 0 Å². The second-order valence-corrected chi connectivity index (χ2v) is 14.4. The summed E-state index contributed by atoms with van der Waals surface area (Å²) < 4.78 is 38.8. The van der Waals surface area contributed by atoms with Gasteiger partial charge in [0.1, 0.15) is 28.7 Å². The summed E-state index contributed by atoms with van der Waals surface area (Å²) in [6, 6.07) is 4.95. The molecule has 2 aliphatic heterocycles. The molecule has 0 spiro atoms. The molecule has 2 aromatic heterocycles. The van der Waals surface area contributed by atoms with Gasteiger partial charge in [0.05, 0.1) is 11.8 Å². The maximum atomic E-state index is 12.9. The van der Waals surface area contributed by atoms with Gasteiger partial charge in [-0.15, -0.1) is 11.3 Å². The maximum Gasteiger partial charge on any atom is 0.393 e. The van der Waals surface area contributed by atoms with Gasteiger partial charge < -0.3 is 20.4 Å². The molecule has 3 fully saturated rings. The van der Waals surface area contributed by atoms with Crippen LogP contribution >= 0.6 is 11.3 Å². The molecular weight excluding hydrogens is 587 g/mol. The van der Waals surface area contributed by atoms with Crippen molar-refractivity contribution in [1.82, 2.24) is 25.1 Å². The molecule has 4 atom stereocenters. The van der Waals surface area contributed by atoms with Gasteiger partial charge in [-0.2, -0.15) is 18.4 Å². The van der Waals surface area contributed by atoms with E-state index in [2.05, 4.69) is 49.5 Å². The highest BCUT2D eigenvalue weighted by Crippen LogP contribution is 2.45. The van der Waals surface area contributed by atoms with Gasteiger partial charge in [-0.25, -0.2) is 9.97 Å². The van der Waals surface area contributed by atoms with E-state index in [0.29, 0.717) is 52.2 Å². The molecule has 2 aromatic rings. The second kappa shape index (κ2) is 12.8. The van der Waals surface area contributed by atoms with Gasteiger partial charge in [0.15, 0.2) is 0 Å². The zero-order valence-electron chi connectivity index (χ0n) is 25.4. The first-order valence-electron chi connectivity index (χ1n) is 16.1. The molecule has 2 aliphatic carbocycles. The highest BCUT2D eigenvalue weighted by atomic mass is 32.1. The van der Waals surface area contributed by atoms with Crippen LogP contribution in [0, 0.1) is 35.0 Å². The number of aromatic nitrogens is 2. The monoisotopic (exact) mass is 629 g/mol. The zero-order valence-corrected chi connectivity index (χ0v) is 26.3. The fourth-order valence-corrected chi connectivity index (χ4v) is 8.91. The SMILES string of the molecule is CCC(=O)NC1CC(CN2C(C#N)=CC3C(C)C(CN4CCC(Nc5ncnc6sc(CC(F)(F)F)cc56)CC4)CCC32)C1. The fourth-order valence-electron chi connectivity index (χ4n) is 7.88. The third-order valence-electron chi connectivity index (χ3n) is 10.4. The third-order valence-corrected chi connectivity index (χ3v) is 11.4. The number of nitrogens with one attached hydrogen (secondary N) is 2. The van der Waals surface area contributed by atoms with Crippen LogP contribution in [0.25, 0.3) is 10.2 Å². The van der Waals surface area contributed by atoms with E-state index in [4.69, 9.17) is 0 Å². The molecule has 1 amide bonds. The van der Waals surface area contributed by atoms with E-state index in [-0.39, 0.29) is 22.9 Å². The average molecular weight is 630 g/mol. The van der Waals surface area contributed by atoms with Crippen LogP contribution in [-0.2, 0) is 11.2 Å². The number of allylic oxidation sites excluding steroid dienone is 1. The molecule has 4 aliphatic rings. The summed E-state index contributed by atoms with van der Waals surface area (Å²) in [5.74, 6) is 2.73. The summed E-state index contributed by atoms with van der Waals surface area (Å²) in [4.78, 5) is 26.1. The molecule has 4 heterocycles. The summed E-state index contributed by atoms with van der Waals surface area (Å²) in [5.41, 5.74) is 0.829. The van der Waals surface area contributed by atoms with Gasteiger partial charge in [0.2, 0.25) is 5.91 Å². The summed E-state index contributed by atoms with van der Waals surface area (Å²) in [7, 11) is 0. The number of thiophene rings is 1. The van der Waals surface area contributed by atoms with Crippen molar-refractivity contribution in [3.05, 3.63) is 29.0 Å². The van der Waals surface area contributed by atoms with E-state index in [0.717, 1.165) is 81.7 Å². The number of hydrogen-bond donors (Lipinski definition) is 2. The zero-order chi connectivity index (χ0) is 31.0. The van der Waals surface area contributed by atoms with Crippen molar-refractivity contribution >= 4 is 33.3 Å². The predicted octanol–water partition coefficient (Wildman–Crippen LogP) is 5.73. The minimum Gasteiger partial charge on any atom is -0.367 e. The lowest BCUT2D eigenvalue weighted by atomic mass is 9.70. The van der Waals surface area contributed by atoms with Crippen LogP contribution in [0.3, 0.4) is 0 Å². The van der Waals surface area contributed by atoms with Crippen molar-refractivity contribution in [2.45, 2.75) is 89.5 Å². The van der Waals surface area contributed by atoms with Crippen molar-refractivity contribution in [3.63, 3.8) is 0 Å². The topological polar surface area (TPSA) is 97.2 Å². The number of halogens is 3. The largest absolute Gasteiger partial charge is 0.393 e. The van der Waals surface area contributed by atoms with Gasteiger partial charge in [0, 0.05) is 61.5 Å².